The van der Waals surface area contributed by atoms with E-state index in [1.54, 1.807) is 6.07 Å². The molecule has 0 bridgehead atoms. The number of Topliss-reactive ketones (excluding diaryl/α,β-unsaturated/α-hetero) is 2. The number of ketones is 2. The van der Waals surface area contributed by atoms with Crippen LogP contribution in [0.25, 0.3) is 11.0 Å². The lowest BCUT2D eigenvalue weighted by Gasteiger charge is -2.31. The molecule has 11 heteroatoms. The van der Waals surface area contributed by atoms with Gasteiger partial charge in [-0.3, -0.25) is 9.59 Å². The van der Waals surface area contributed by atoms with Crippen molar-refractivity contribution in [2.75, 3.05) is 31.1 Å². The smallest absolute Gasteiger partial charge is 0.257 e. The quantitative estimate of drug-likeness (QED) is 0.144. The number of unbranched alkanes of at least 4 members (excludes halogenated alkanes) is 3. The highest BCUT2D eigenvalue weighted by Crippen LogP contribution is 2.27. The zero-order valence-corrected chi connectivity index (χ0v) is 25.9. The van der Waals surface area contributed by atoms with Gasteiger partial charge in [0.2, 0.25) is 0 Å². The lowest BCUT2D eigenvalue weighted by atomic mass is 9.89. The van der Waals surface area contributed by atoms with Crippen molar-refractivity contribution in [3.63, 3.8) is 0 Å². The Kier molecular flexibility index (Phi) is 10.9. The molecule has 0 amide bonds. The molecule has 0 saturated carbocycles. The first-order valence-electron chi connectivity index (χ1n) is 15.3. The minimum atomic E-state index is -0.501. The molecule has 4 rings (SSSR count). The van der Waals surface area contributed by atoms with E-state index >= 15 is 4.39 Å². The highest BCUT2D eigenvalue weighted by molar-refractivity contribution is 6.31. The molecule has 9 nitrogen and oxygen atoms in total. The molecule has 0 radical (unpaired) electrons. The maximum atomic E-state index is 15.4. The largest absolute Gasteiger partial charge is 0.382 e. The molecule has 1 aromatic carbocycles. The van der Waals surface area contributed by atoms with Gasteiger partial charge in [0, 0.05) is 25.0 Å². The Morgan fingerprint density at radius 2 is 1.79 bits per heavy atom. The third-order valence-corrected chi connectivity index (χ3v) is 8.73. The minimum absolute atomic E-state index is 0.0161. The number of nitrogens with two attached hydrogens (primary N) is 2. The SMILES string of the molecule is CCCCCCN1CCC(CC(=O)c2cc3c(cc2F)n(CC)c(CCC(=O)c2nc(Cl)c(N)nc2N)[n+]3CC)CC1. The zero-order chi connectivity index (χ0) is 30.4. The number of rotatable bonds is 14. The monoisotopic (exact) mass is 600 g/mol. The normalized spacial score (nSPS) is 14.6. The molecule has 1 saturated heterocycles. The summed E-state index contributed by atoms with van der Waals surface area (Å²) in [6.07, 6.45) is 7.78. The number of imidazole rings is 1. The number of hydrogen-bond donors (Lipinski definition) is 2. The average Bonchev–Trinajstić information content (AvgIpc) is 3.27. The van der Waals surface area contributed by atoms with Crippen LogP contribution in [0.5, 0.6) is 0 Å². The molecule has 42 heavy (non-hydrogen) atoms. The highest BCUT2D eigenvalue weighted by atomic mass is 35.5. The van der Waals surface area contributed by atoms with Crippen molar-refractivity contribution in [3.8, 4) is 0 Å². The van der Waals surface area contributed by atoms with Crippen LogP contribution in [0.15, 0.2) is 12.1 Å². The van der Waals surface area contributed by atoms with Gasteiger partial charge in [-0.05, 0) is 58.7 Å². The number of nitrogen functional groups attached to an aromatic ring is 2. The number of carbonyl (C=O) groups is 2. The molecule has 2 aromatic heterocycles. The van der Waals surface area contributed by atoms with E-state index in [9.17, 15) is 9.59 Å². The Morgan fingerprint density at radius 1 is 1.05 bits per heavy atom. The second-order valence-electron chi connectivity index (χ2n) is 11.3. The molecule has 4 N–H and O–H groups in total. The predicted octanol–water partition coefficient (Wildman–Crippen LogP) is 5.40. The molecule has 1 fully saturated rings. The maximum absolute atomic E-state index is 15.4. The molecule has 228 valence electrons. The van der Waals surface area contributed by atoms with E-state index in [2.05, 4.69) is 21.8 Å². The van der Waals surface area contributed by atoms with E-state index in [1.165, 1.54) is 31.7 Å². The van der Waals surface area contributed by atoms with E-state index in [1.807, 2.05) is 23.0 Å². The number of carbonyl (C=O) groups excluding carboxylic acids is 2. The predicted molar refractivity (Wildman–Crippen MR) is 164 cm³/mol. The van der Waals surface area contributed by atoms with Crippen LogP contribution in [0.3, 0.4) is 0 Å². The van der Waals surface area contributed by atoms with Crippen molar-refractivity contribution in [2.45, 2.75) is 91.6 Å². The van der Waals surface area contributed by atoms with Gasteiger partial charge in [0.05, 0.1) is 25.1 Å². The third kappa shape index (κ3) is 7.09. The lowest BCUT2D eigenvalue weighted by molar-refractivity contribution is -0.676. The first kappa shape index (κ1) is 31.8. The molecule has 0 unspecified atom stereocenters. The van der Waals surface area contributed by atoms with Crippen molar-refractivity contribution in [3.05, 3.63) is 40.2 Å². The number of anilines is 2. The van der Waals surface area contributed by atoms with Crippen LogP contribution in [-0.2, 0) is 19.5 Å². The average molecular weight is 601 g/mol. The summed E-state index contributed by atoms with van der Waals surface area (Å²) in [5.74, 6) is 0.0721. The summed E-state index contributed by atoms with van der Waals surface area (Å²) in [6.45, 7) is 10.5. The molecule has 0 aliphatic carbocycles. The van der Waals surface area contributed by atoms with Gasteiger partial charge in [-0.1, -0.05) is 37.8 Å². The molecular formula is C31H44ClFN7O2+. The summed E-state index contributed by atoms with van der Waals surface area (Å²) >= 11 is 5.97. The van der Waals surface area contributed by atoms with E-state index in [0.29, 0.717) is 31.4 Å². The molecule has 0 spiro atoms. The van der Waals surface area contributed by atoms with E-state index in [-0.39, 0.29) is 52.0 Å². The number of benzene rings is 1. The Morgan fingerprint density at radius 3 is 2.45 bits per heavy atom. The Hall–Kier alpha value is -3.11. The summed E-state index contributed by atoms with van der Waals surface area (Å²) in [5, 5.41) is -0.0699. The summed E-state index contributed by atoms with van der Waals surface area (Å²) in [4.78, 5) is 36.8. The number of aryl methyl sites for hydroxylation is 2. The molecule has 1 aliphatic heterocycles. The second kappa shape index (κ2) is 14.4. The van der Waals surface area contributed by atoms with Gasteiger partial charge in [0.15, 0.2) is 39.4 Å². The fraction of sp³-hybridized carbons (Fsp3) is 0.581. The van der Waals surface area contributed by atoms with Crippen molar-refractivity contribution in [2.24, 2.45) is 5.92 Å². The molecular weight excluding hydrogens is 557 g/mol. The van der Waals surface area contributed by atoms with Crippen LogP contribution in [0.2, 0.25) is 5.15 Å². The topological polar surface area (TPSA) is 124 Å². The van der Waals surface area contributed by atoms with Crippen LogP contribution < -0.4 is 16.0 Å². The third-order valence-electron chi connectivity index (χ3n) is 8.46. The summed E-state index contributed by atoms with van der Waals surface area (Å²) in [6, 6.07) is 3.16. The number of piperidine rings is 1. The first-order chi connectivity index (χ1) is 20.2. The van der Waals surface area contributed by atoms with E-state index in [4.69, 9.17) is 23.1 Å². The van der Waals surface area contributed by atoms with Crippen molar-refractivity contribution < 1.29 is 18.5 Å². The number of halogens is 2. The summed E-state index contributed by atoms with van der Waals surface area (Å²) < 4.78 is 19.5. The van der Waals surface area contributed by atoms with Crippen molar-refractivity contribution >= 4 is 45.8 Å². The van der Waals surface area contributed by atoms with Gasteiger partial charge in [-0.25, -0.2) is 23.5 Å². The number of fused-ring (bicyclic) bond motifs is 1. The number of nitrogens with zero attached hydrogens (tertiary/aromatic N) is 5. The summed E-state index contributed by atoms with van der Waals surface area (Å²) in [7, 11) is 0. The number of likely N-dealkylation sites (tertiary alicyclic amines) is 1. The van der Waals surface area contributed by atoms with Crippen LogP contribution in [0, 0.1) is 11.7 Å². The Balaban J connectivity index is 1.49. The van der Waals surface area contributed by atoms with Gasteiger partial charge < -0.3 is 16.4 Å². The molecule has 3 heterocycles. The van der Waals surface area contributed by atoms with Crippen LogP contribution in [0.1, 0.15) is 98.8 Å². The van der Waals surface area contributed by atoms with Crippen molar-refractivity contribution in [1.82, 2.24) is 19.4 Å². The molecule has 3 aromatic rings. The minimum Gasteiger partial charge on any atom is -0.382 e. The van der Waals surface area contributed by atoms with Gasteiger partial charge in [-0.2, -0.15) is 0 Å². The Labute approximate surface area is 252 Å². The van der Waals surface area contributed by atoms with Crippen molar-refractivity contribution in [1.29, 1.82) is 0 Å². The molecule has 0 atom stereocenters. The zero-order valence-electron chi connectivity index (χ0n) is 25.1. The van der Waals surface area contributed by atoms with Gasteiger partial charge >= 0.3 is 0 Å². The number of aromatic nitrogens is 4. The maximum Gasteiger partial charge on any atom is 0.257 e. The van der Waals surface area contributed by atoms with Crippen LogP contribution >= 0.6 is 11.6 Å². The molecule has 1 aliphatic rings. The highest BCUT2D eigenvalue weighted by Gasteiger charge is 2.29. The van der Waals surface area contributed by atoms with Gasteiger partial charge in [0.25, 0.3) is 5.82 Å². The van der Waals surface area contributed by atoms with E-state index in [0.717, 1.165) is 43.8 Å². The standard InChI is InChI=1S/C31H43ClFN7O2/c1-4-7-8-9-14-38-15-12-20(13-16-38)17-26(42)21-18-23-24(19-22(21)33)40(6-3)27(39(23)5-2)11-10-25(41)28-30(34)37-31(35)29(32)36-28/h18-20H,4-17H2,1-3H3,(H3-,34,35,37,41)/p+1. The number of hydrogen-bond acceptors (Lipinski definition) is 7. The summed E-state index contributed by atoms with van der Waals surface area (Å²) in [5.41, 5.74) is 13.1. The fourth-order valence-corrected chi connectivity index (χ4v) is 6.26. The van der Waals surface area contributed by atoms with Gasteiger partial charge in [-0.15, -0.1) is 0 Å². The van der Waals surface area contributed by atoms with Gasteiger partial charge in [0.1, 0.15) is 11.5 Å². The van der Waals surface area contributed by atoms with E-state index < -0.39 is 5.82 Å². The van der Waals surface area contributed by atoms with Crippen LogP contribution in [0.4, 0.5) is 16.0 Å². The Bertz CT molecular complexity index is 1430. The lowest BCUT2D eigenvalue weighted by Crippen LogP contribution is -2.37. The first-order valence-corrected chi connectivity index (χ1v) is 15.7. The van der Waals surface area contributed by atoms with Crippen LogP contribution in [-0.4, -0.2) is 50.6 Å². The second-order valence-corrected chi connectivity index (χ2v) is 11.6. The fourth-order valence-electron chi connectivity index (χ4n) is 6.14.